The van der Waals surface area contributed by atoms with Crippen molar-refractivity contribution in [1.82, 2.24) is 10.2 Å². The van der Waals surface area contributed by atoms with Gasteiger partial charge in [0.25, 0.3) is 0 Å². The van der Waals surface area contributed by atoms with E-state index >= 15 is 0 Å². The van der Waals surface area contributed by atoms with Crippen LogP contribution in [0.15, 0.2) is 30.9 Å². The van der Waals surface area contributed by atoms with Gasteiger partial charge in [-0.25, -0.2) is 0 Å². The fraction of sp³-hybridized carbons (Fsp3) is 0.333. The van der Waals surface area contributed by atoms with Gasteiger partial charge in [-0.1, -0.05) is 35.3 Å². The number of halogens is 2. The standard InChI is InChI=1S/C15H18Cl2N2O2/c1-3-7-18-15(21)10-19(11(2)20)8-6-12-4-5-13(16)9-14(12)17/h3-5,9H,1,6-8,10H2,2H3,(H,18,21). The van der Waals surface area contributed by atoms with Gasteiger partial charge in [0.05, 0.1) is 6.54 Å². The average Bonchev–Trinajstić information content (AvgIpc) is 2.42. The van der Waals surface area contributed by atoms with Crippen LogP contribution in [0.5, 0.6) is 0 Å². The Morgan fingerprint density at radius 2 is 2.10 bits per heavy atom. The maximum Gasteiger partial charge on any atom is 0.239 e. The highest BCUT2D eigenvalue weighted by Gasteiger charge is 2.13. The summed E-state index contributed by atoms with van der Waals surface area (Å²) in [4.78, 5) is 24.7. The Bertz CT molecular complexity index is 532. The Balaban J connectivity index is 2.60. The average molecular weight is 329 g/mol. The monoisotopic (exact) mass is 328 g/mol. The van der Waals surface area contributed by atoms with E-state index < -0.39 is 0 Å². The predicted molar refractivity (Wildman–Crippen MR) is 85.6 cm³/mol. The fourth-order valence-electron chi connectivity index (χ4n) is 1.74. The van der Waals surface area contributed by atoms with Crippen LogP contribution in [0.25, 0.3) is 0 Å². The molecule has 0 spiro atoms. The summed E-state index contributed by atoms with van der Waals surface area (Å²) >= 11 is 11.9. The molecule has 0 saturated carbocycles. The maximum absolute atomic E-state index is 11.6. The van der Waals surface area contributed by atoms with E-state index in [-0.39, 0.29) is 18.4 Å². The van der Waals surface area contributed by atoms with Crippen LogP contribution in [0.2, 0.25) is 10.0 Å². The zero-order valence-corrected chi connectivity index (χ0v) is 13.4. The lowest BCUT2D eigenvalue weighted by atomic mass is 10.1. The molecule has 0 heterocycles. The van der Waals surface area contributed by atoms with E-state index in [2.05, 4.69) is 11.9 Å². The van der Waals surface area contributed by atoms with Crippen molar-refractivity contribution in [2.24, 2.45) is 0 Å². The van der Waals surface area contributed by atoms with Crippen LogP contribution in [0.1, 0.15) is 12.5 Å². The summed E-state index contributed by atoms with van der Waals surface area (Å²) in [6.45, 7) is 5.77. The van der Waals surface area contributed by atoms with E-state index in [1.807, 2.05) is 6.07 Å². The molecule has 1 aromatic rings. The third-order valence-electron chi connectivity index (χ3n) is 2.89. The molecule has 0 atom stereocenters. The fourth-order valence-corrected chi connectivity index (χ4v) is 2.25. The van der Waals surface area contributed by atoms with Crippen LogP contribution >= 0.6 is 23.2 Å². The minimum absolute atomic E-state index is 0.0222. The Morgan fingerprint density at radius 1 is 1.38 bits per heavy atom. The van der Waals surface area contributed by atoms with Gasteiger partial charge in [-0.15, -0.1) is 6.58 Å². The molecule has 0 fully saturated rings. The Morgan fingerprint density at radius 3 is 2.67 bits per heavy atom. The number of amides is 2. The lowest BCUT2D eigenvalue weighted by Crippen LogP contribution is -2.40. The molecule has 0 aliphatic rings. The molecular formula is C15H18Cl2N2O2. The molecule has 0 saturated heterocycles. The summed E-state index contributed by atoms with van der Waals surface area (Å²) in [5.41, 5.74) is 0.888. The molecule has 1 rings (SSSR count). The maximum atomic E-state index is 11.6. The molecule has 0 unspecified atom stereocenters. The van der Waals surface area contributed by atoms with Crippen molar-refractivity contribution in [3.63, 3.8) is 0 Å². The molecular weight excluding hydrogens is 311 g/mol. The summed E-state index contributed by atoms with van der Waals surface area (Å²) in [6.07, 6.45) is 2.15. The molecule has 4 nitrogen and oxygen atoms in total. The van der Waals surface area contributed by atoms with E-state index in [0.29, 0.717) is 29.6 Å². The number of carbonyl (C=O) groups excluding carboxylic acids is 2. The van der Waals surface area contributed by atoms with Crippen molar-refractivity contribution in [1.29, 1.82) is 0 Å². The van der Waals surface area contributed by atoms with Crippen LogP contribution in [0.4, 0.5) is 0 Å². The molecule has 21 heavy (non-hydrogen) atoms. The highest BCUT2D eigenvalue weighted by molar-refractivity contribution is 6.35. The summed E-state index contributed by atoms with van der Waals surface area (Å²) in [6, 6.07) is 5.23. The summed E-state index contributed by atoms with van der Waals surface area (Å²) in [5.74, 6) is -0.374. The molecule has 0 aliphatic heterocycles. The number of carbonyl (C=O) groups is 2. The van der Waals surface area contributed by atoms with Gasteiger partial charge in [-0.2, -0.15) is 0 Å². The zero-order chi connectivity index (χ0) is 15.8. The van der Waals surface area contributed by atoms with Crippen molar-refractivity contribution >= 4 is 35.0 Å². The molecule has 6 heteroatoms. The third-order valence-corrected chi connectivity index (χ3v) is 3.48. The lowest BCUT2D eigenvalue weighted by Gasteiger charge is -2.20. The topological polar surface area (TPSA) is 49.4 Å². The first-order valence-corrected chi connectivity index (χ1v) is 7.26. The zero-order valence-electron chi connectivity index (χ0n) is 11.9. The number of nitrogens with zero attached hydrogens (tertiary/aromatic N) is 1. The minimum Gasteiger partial charge on any atom is -0.351 e. The Labute approximate surface area is 134 Å². The smallest absolute Gasteiger partial charge is 0.239 e. The van der Waals surface area contributed by atoms with E-state index in [1.54, 1.807) is 18.2 Å². The van der Waals surface area contributed by atoms with Crippen molar-refractivity contribution in [3.8, 4) is 0 Å². The van der Waals surface area contributed by atoms with Gasteiger partial charge in [0, 0.05) is 30.1 Å². The molecule has 0 radical (unpaired) electrons. The third kappa shape index (κ3) is 6.19. The van der Waals surface area contributed by atoms with E-state index in [9.17, 15) is 9.59 Å². The first kappa shape index (κ1) is 17.5. The van der Waals surface area contributed by atoms with Crippen LogP contribution in [0.3, 0.4) is 0 Å². The van der Waals surface area contributed by atoms with Crippen molar-refractivity contribution in [3.05, 3.63) is 46.5 Å². The minimum atomic E-state index is -0.215. The summed E-state index contributed by atoms with van der Waals surface area (Å²) in [5, 5.41) is 3.76. The van der Waals surface area contributed by atoms with Gasteiger partial charge in [-0.05, 0) is 24.1 Å². The van der Waals surface area contributed by atoms with Crippen molar-refractivity contribution in [2.45, 2.75) is 13.3 Å². The van der Waals surface area contributed by atoms with Gasteiger partial charge in [0.15, 0.2) is 0 Å². The Kier molecular flexibility index (Phi) is 7.26. The normalized spacial score (nSPS) is 10.0. The van der Waals surface area contributed by atoms with E-state index in [0.717, 1.165) is 5.56 Å². The van der Waals surface area contributed by atoms with Crippen LogP contribution in [-0.4, -0.2) is 36.3 Å². The first-order valence-electron chi connectivity index (χ1n) is 6.51. The Hall–Kier alpha value is -1.52. The number of hydrogen-bond acceptors (Lipinski definition) is 2. The van der Waals surface area contributed by atoms with Gasteiger partial charge in [0.2, 0.25) is 11.8 Å². The molecule has 0 aliphatic carbocycles. The summed E-state index contributed by atoms with van der Waals surface area (Å²) < 4.78 is 0. The summed E-state index contributed by atoms with van der Waals surface area (Å²) in [7, 11) is 0. The van der Waals surface area contributed by atoms with Crippen LogP contribution in [-0.2, 0) is 16.0 Å². The van der Waals surface area contributed by atoms with Crippen LogP contribution in [0, 0.1) is 0 Å². The molecule has 114 valence electrons. The molecule has 2 amide bonds. The molecule has 1 aromatic carbocycles. The first-order chi connectivity index (χ1) is 9.93. The van der Waals surface area contributed by atoms with E-state index in [1.165, 1.54) is 11.8 Å². The molecule has 0 bridgehead atoms. The van der Waals surface area contributed by atoms with Crippen molar-refractivity contribution in [2.75, 3.05) is 19.6 Å². The number of rotatable bonds is 7. The second-order valence-electron chi connectivity index (χ2n) is 4.52. The predicted octanol–water partition coefficient (Wildman–Crippen LogP) is 2.69. The van der Waals surface area contributed by atoms with Crippen LogP contribution < -0.4 is 5.32 Å². The SMILES string of the molecule is C=CCNC(=O)CN(CCc1ccc(Cl)cc1Cl)C(C)=O. The van der Waals surface area contributed by atoms with Gasteiger partial charge in [-0.3, -0.25) is 9.59 Å². The largest absolute Gasteiger partial charge is 0.351 e. The molecule has 1 N–H and O–H groups in total. The second-order valence-corrected chi connectivity index (χ2v) is 5.36. The lowest BCUT2D eigenvalue weighted by molar-refractivity contribution is -0.134. The highest BCUT2D eigenvalue weighted by Crippen LogP contribution is 2.21. The number of hydrogen-bond donors (Lipinski definition) is 1. The van der Waals surface area contributed by atoms with E-state index in [4.69, 9.17) is 23.2 Å². The number of nitrogens with one attached hydrogen (secondary N) is 1. The number of benzene rings is 1. The van der Waals surface area contributed by atoms with Gasteiger partial charge >= 0.3 is 0 Å². The van der Waals surface area contributed by atoms with Gasteiger partial charge < -0.3 is 10.2 Å². The van der Waals surface area contributed by atoms with Crippen molar-refractivity contribution < 1.29 is 9.59 Å². The quantitative estimate of drug-likeness (QED) is 0.782. The second kappa shape index (κ2) is 8.70. The van der Waals surface area contributed by atoms with Gasteiger partial charge in [0.1, 0.15) is 0 Å². The highest BCUT2D eigenvalue weighted by atomic mass is 35.5. The molecule has 0 aromatic heterocycles.